The largest absolute Gasteiger partial charge is 0.497 e. The van der Waals surface area contributed by atoms with Gasteiger partial charge in [0.2, 0.25) is 0 Å². The molecule has 1 aliphatic rings. The molecule has 0 amide bonds. The number of methoxy groups -OCH3 is 1. The number of ether oxygens (including phenoxy) is 2. The monoisotopic (exact) mass is 300 g/mol. The van der Waals surface area contributed by atoms with Crippen LogP contribution in [-0.4, -0.2) is 44.3 Å². The number of rotatable bonds is 5. The van der Waals surface area contributed by atoms with Gasteiger partial charge in [0.15, 0.2) is 0 Å². The molecule has 5 heteroatoms. The predicted octanol–water partition coefficient (Wildman–Crippen LogP) is 2.16. The number of nitrogens with two attached hydrogens (primary N) is 1. The third-order valence-electron chi connectivity index (χ3n) is 3.79. The van der Waals surface area contributed by atoms with Crippen molar-refractivity contribution >= 4 is 12.4 Å². The minimum Gasteiger partial charge on any atom is -0.497 e. The third-order valence-corrected chi connectivity index (χ3v) is 3.79. The fraction of sp³-hybridized carbons (Fsp3) is 0.600. The summed E-state index contributed by atoms with van der Waals surface area (Å²) in [5.41, 5.74) is 6.02. The lowest BCUT2D eigenvalue weighted by Gasteiger charge is -2.34. The molecule has 1 fully saturated rings. The van der Waals surface area contributed by atoms with Crippen LogP contribution in [0.4, 0.5) is 0 Å². The van der Waals surface area contributed by atoms with Crippen LogP contribution >= 0.6 is 12.4 Å². The highest BCUT2D eigenvalue weighted by molar-refractivity contribution is 5.85. The maximum atomic E-state index is 6.02. The van der Waals surface area contributed by atoms with Crippen LogP contribution in [0.5, 0.6) is 11.5 Å². The van der Waals surface area contributed by atoms with Crippen LogP contribution in [0.2, 0.25) is 0 Å². The second-order valence-electron chi connectivity index (χ2n) is 5.25. The summed E-state index contributed by atoms with van der Waals surface area (Å²) in [5, 5.41) is 0. The molecule has 20 heavy (non-hydrogen) atoms. The van der Waals surface area contributed by atoms with E-state index >= 15 is 0 Å². The van der Waals surface area contributed by atoms with Crippen LogP contribution in [0.15, 0.2) is 24.3 Å². The van der Waals surface area contributed by atoms with Crippen LogP contribution in [0.25, 0.3) is 0 Å². The van der Waals surface area contributed by atoms with Gasteiger partial charge in [0.1, 0.15) is 18.1 Å². The lowest BCUT2D eigenvalue weighted by Crippen LogP contribution is -2.46. The van der Waals surface area contributed by atoms with Gasteiger partial charge in [-0.2, -0.15) is 0 Å². The zero-order chi connectivity index (χ0) is 13.7. The minimum atomic E-state index is 0. The third kappa shape index (κ3) is 4.85. The molecule has 1 aromatic carbocycles. The first-order valence-electron chi connectivity index (χ1n) is 6.94. The summed E-state index contributed by atoms with van der Waals surface area (Å²) < 4.78 is 10.9. The van der Waals surface area contributed by atoms with Crippen LogP contribution < -0.4 is 15.2 Å². The number of likely N-dealkylation sites (tertiary alicyclic amines) is 1. The minimum absolute atomic E-state index is 0. The molecule has 114 valence electrons. The molecule has 2 rings (SSSR count). The number of piperidine rings is 1. The molecule has 0 aliphatic carbocycles. The van der Waals surface area contributed by atoms with Crippen LogP contribution in [0, 0.1) is 5.92 Å². The molecule has 1 aliphatic heterocycles. The maximum absolute atomic E-state index is 6.02. The van der Waals surface area contributed by atoms with Crippen molar-refractivity contribution in [2.75, 3.05) is 33.4 Å². The molecular weight excluding hydrogens is 276 g/mol. The van der Waals surface area contributed by atoms with Gasteiger partial charge in [-0.1, -0.05) is 6.92 Å². The summed E-state index contributed by atoms with van der Waals surface area (Å²) in [4.78, 5) is 2.43. The Balaban J connectivity index is 0.00000200. The van der Waals surface area contributed by atoms with Gasteiger partial charge in [0, 0.05) is 19.1 Å². The Morgan fingerprint density at radius 3 is 2.50 bits per heavy atom. The highest BCUT2D eigenvalue weighted by atomic mass is 35.5. The normalized spacial score (nSPS) is 22.9. The quantitative estimate of drug-likeness (QED) is 0.905. The highest BCUT2D eigenvalue weighted by Gasteiger charge is 2.22. The summed E-state index contributed by atoms with van der Waals surface area (Å²) in [6.07, 6.45) is 1.09. The van der Waals surface area contributed by atoms with E-state index in [9.17, 15) is 0 Å². The van der Waals surface area contributed by atoms with Gasteiger partial charge in [0.05, 0.1) is 7.11 Å². The van der Waals surface area contributed by atoms with Crippen LogP contribution in [-0.2, 0) is 0 Å². The average molecular weight is 301 g/mol. The van der Waals surface area contributed by atoms with E-state index in [4.69, 9.17) is 15.2 Å². The van der Waals surface area contributed by atoms with Gasteiger partial charge in [-0.15, -0.1) is 12.4 Å². The summed E-state index contributed by atoms with van der Waals surface area (Å²) in [7, 11) is 1.66. The van der Waals surface area contributed by atoms with Crippen molar-refractivity contribution in [2.24, 2.45) is 11.7 Å². The predicted molar refractivity (Wildman–Crippen MR) is 83.9 cm³/mol. The van der Waals surface area contributed by atoms with E-state index < -0.39 is 0 Å². The molecule has 0 saturated carbocycles. The molecule has 0 spiro atoms. The first-order chi connectivity index (χ1) is 9.19. The lowest BCUT2D eigenvalue weighted by molar-refractivity contribution is 0.140. The van der Waals surface area contributed by atoms with E-state index in [-0.39, 0.29) is 12.4 Å². The first-order valence-corrected chi connectivity index (χ1v) is 6.94. The fourth-order valence-corrected chi connectivity index (χ4v) is 2.42. The number of hydrogen-bond donors (Lipinski definition) is 1. The molecule has 2 N–H and O–H groups in total. The van der Waals surface area contributed by atoms with Gasteiger partial charge < -0.3 is 15.2 Å². The maximum Gasteiger partial charge on any atom is 0.119 e. The SMILES string of the molecule is COc1ccc(OCCN2CCC(N)C(C)C2)cc1.Cl. The molecule has 0 aromatic heterocycles. The molecule has 4 nitrogen and oxygen atoms in total. The van der Waals surface area contributed by atoms with Gasteiger partial charge in [-0.25, -0.2) is 0 Å². The Hall–Kier alpha value is -0.970. The molecule has 1 aromatic rings. The van der Waals surface area contributed by atoms with Crippen molar-refractivity contribution in [3.05, 3.63) is 24.3 Å². The van der Waals surface area contributed by atoms with Crippen molar-refractivity contribution in [2.45, 2.75) is 19.4 Å². The van der Waals surface area contributed by atoms with E-state index in [1.165, 1.54) is 0 Å². The molecule has 0 bridgehead atoms. The van der Waals surface area contributed by atoms with Gasteiger partial charge in [-0.05, 0) is 43.1 Å². The van der Waals surface area contributed by atoms with Crippen molar-refractivity contribution in [1.29, 1.82) is 0 Å². The van der Waals surface area contributed by atoms with Crippen LogP contribution in [0.1, 0.15) is 13.3 Å². The van der Waals surface area contributed by atoms with Gasteiger partial charge >= 0.3 is 0 Å². The van der Waals surface area contributed by atoms with Crippen molar-refractivity contribution < 1.29 is 9.47 Å². The molecule has 2 atom stereocenters. The molecule has 2 unspecified atom stereocenters. The Morgan fingerprint density at radius 2 is 1.90 bits per heavy atom. The summed E-state index contributed by atoms with van der Waals surface area (Å²) >= 11 is 0. The van der Waals surface area contributed by atoms with E-state index in [1.54, 1.807) is 7.11 Å². The number of nitrogens with zero attached hydrogens (tertiary/aromatic N) is 1. The first kappa shape index (κ1) is 17.1. The van der Waals surface area contributed by atoms with Crippen LogP contribution in [0.3, 0.4) is 0 Å². The Morgan fingerprint density at radius 1 is 1.25 bits per heavy atom. The zero-order valence-electron chi connectivity index (χ0n) is 12.2. The van der Waals surface area contributed by atoms with E-state index in [0.29, 0.717) is 18.6 Å². The standard InChI is InChI=1S/C15H24N2O2.ClH/c1-12-11-17(8-7-15(12)16)9-10-19-14-5-3-13(18-2)4-6-14;/h3-6,12,15H,7-11,16H2,1-2H3;1H. The summed E-state index contributed by atoms with van der Waals surface area (Å²) in [6, 6.07) is 8.06. The van der Waals surface area contributed by atoms with Crippen molar-refractivity contribution in [3.8, 4) is 11.5 Å². The smallest absolute Gasteiger partial charge is 0.119 e. The lowest BCUT2D eigenvalue weighted by atomic mass is 9.95. The fourth-order valence-electron chi connectivity index (χ4n) is 2.42. The summed E-state index contributed by atoms with van der Waals surface area (Å²) in [6.45, 7) is 6.06. The molecule has 1 saturated heterocycles. The highest BCUT2D eigenvalue weighted by Crippen LogP contribution is 2.18. The Kier molecular flexibility index (Phi) is 7.13. The van der Waals surface area contributed by atoms with Crippen molar-refractivity contribution in [3.63, 3.8) is 0 Å². The molecule has 1 heterocycles. The van der Waals surface area contributed by atoms with E-state index in [2.05, 4.69) is 11.8 Å². The van der Waals surface area contributed by atoms with Gasteiger partial charge in [0.25, 0.3) is 0 Å². The Bertz CT molecular complexity index is 386. The van der Waals surface area contributed by atoms with Gasteiger partial charge in [-0.3, -0.25) is 4.90 Å². The Labute approximate surface area is 127 Å². The number of benzene rings is 1. The number of halogens is 1. The van der Waals surface area contributed by atoms with E-state index in [0.717, 1.165) is 37.6 Å². The second-order valence-corrected chi connectivity index (χ2v) is 5.25. The topological polar surface area (TPSA) is 47.7 Å². The molecule has 0 radical (unpaired) electrons. The van der Waals surface area contributed by atoms with E-state index in [1.807, 2.05) is 24.3 Å². The number of hydrogen-bond acceptors (Lipinski definition) is 4. The average Bonchev–Trinajstić information content (AvgIpc) is 2.43. The zero-order valence-corrected chi connectivity index (χ0v) is 13.1. The van der Waals surface area contributed by atoms with Crippen molar-refractivity contribution in [1.82, 2.24) is 4.90 Å². The second kappa shape index (κ2) is 8.35. The molecular formula is C15H25ClN2O2. The summed E-state index contributed by atoms with van der Waals surface area (Å²) in [5.74, 6) is 2.32.